The van der Waals surface area contributed by atoms with E-state index in [1.54, 1.807) is 18.6 Å². The lowest BCUT2D eigenvalue weighted by molar-refractivity contribution is 0.0625. The van der Waals surface area contributed by atoms with E-state index in [9.17, 15) is 4.79 Å². The molecule has 0 saturated carbocycles. The van der Waals surface area contributed by atoms with Crippen molar-refractivity contribution in [3.05, 3.63) is 42.7 Å². The standard InChI is InChI=1S/C14H18N6O/c21-14(13-12-15-3-4-16-13)19-9-6-18(7-10-19)8-11-20-5-1-2-17-20/h1-5,12H,6-11H2. The second kappa shape index (κ2) is 6.45. The summed E-state index contributed by atoms with van der Waals surface area (Å²) < 4.78 is 1.93. The predicted molar refractivity (Wildman–Crippen MR) is 76.6 cm³/mol. The topological polar surface area (TPSA) is 67.2 Å². The Morgan fingerprint density at radius 3 is 2.62 bits per heavy atom. The van der Waals surface area contributed by atoms with Gasteiger partial charge in [-0.2, -0.15) is 5.10 Å². The van der Waals surface area contributed by atoms with E-state index in [1.807, 2.05) is 21.8 Å². The van der Waals surface area contributed by atoms with Gasteiger partial charge in [0, 0.05) is 57.5 Å². The maximum atomic E-state index is 12.2. The van der Waals surface area contributed by atoms with Crippen LogP contribution in [0.4, 0.5) is 0 Å². The quantitative estimate of drug-likeness (QED) is 0.799. The molecular formula is C14H18N6O. The van der Waals surface area contributed by atoms with Crippen molar-refractivity contribution in [1.29, 1.82) is 0 Å². The van der Waals surface area contributed by atoms with Gasteiger partial charge in [0.15, 0.2) is 0 Å². The van der Waals surface area contributed by atoms with E-state index in [-0.39, 0.29) is 5.91 Å². The van der Waals surface area contributed by atoms with Gasteiger partial charge in [0.25, 0.3) is 5.91 Å². The molecule has 2 aromatic heterocycles. The minimum atomic E-state index is -0.0326. The number of amides is 1. The van der Waals surface area contributed by atoms with Crippen molar-refractivity contribution in [2.24, 2.45) is 0 Å². The number of nitrogens with zero attached hydrogens (tertiary/aromatic N) is 6. The molecule has 110 valence electrons. The lowest BCUT2D eigenvalue weighted by Crippen LogP contribution is -2.49. The SMILES string of the molecule is O=C(c1cnccn1)N1CCN(CCn2cccn2)CC1. The van der Waals surface area contributed by atoms with Gasteiger partial charge < -0.3 is 4.90 Å². The number of carbonyl (C=O) groups is 1. The summed E-state index contributed by atoms with van der Waals surface area (Å²) in [6.45, 7) is 5.06. The van der Waals surface area contributed by atoms with Gasteiger partial charge in [-0.25, -0.2) is 4.98 Å². The van der Waals surface area contributed by atoms with Gasteiger partial charge in [0.1, 0.15) is 5.69 Å². The van der Waals surface area contributed by atoms with Gasteiger partial charge in [0.05, 0.1) is 12.7 Å². The largest absolute Gasteiger partial charge is 0.335 e. The Balaban J connectivity index is 1.47. The van der Waals surface area contributed by atoms with Crippen LogP contribution >= 0.6 is 0 Å². The molecule has 0 unspecified atom stereocenters. The molecule has 0 atom stereocenters. The van der Waals surface area contributed by atoms with E-state index in [0.29, 0.717) is 5.69 Å². The van der Waals surface area contributed by atoms with Gasteiger partial charge in [-0.15, -0.1) is 0 Å². The number of hydrogen-bond donors (Lipinski definition) is 0. The molecule has 1 amide bonds. The molecule has 0 aliphatic carbocycles. The molecule has 0 aromatic carbocycles. The van der Waals surface area contributed by atoms with Crippen LogP contribution < -0.4 is 0 Å². The van der Waals surface area contributed by atoms with Crippen LogP contribution in [0, 0.1) is 0 Å². The summed E-state index contributed by atoms with van der Waals surface area (Å²) in [4.78, 5) is 24.4. The van der Waals surface area contributed by atoms with Gasteiger partial charge in [-0.3, -0.25) is 19.4 Å². The van der Waals surface area contributed by atoms with Crippen LogP contribution in [0.25, 0.3) is 0 Å². The Kier molecular flexibility index (Phi) is 4.20. The molecule has 0 radical (unpaired) electrons. The van der Waals surface area contributed by atoms with E-state index in [2.05, 4.69) is 20.0 Å². The van der Waals surface area contributed by atoms with Crippen LogP contribution in [0.3, 0.4) is 0 Å². The lowest BCUT2D eigenvalue weighted by Gasteiger charge is -2.34. The molecule has 3 rings (SSSR count). The Morgan fingerprint density at radius 1 is 1.10 bits per heavy atom. The van der Waals surface area contributed by atoms with Gasteiger partial charge in [0.2, 0.25) is 0 Å². The van der Waals surface area contributed by atoms with E-state index in [0.717, 1.165) is 39.3 Å². The van der Waals surface area contributed by atoms with E-state index in [1.165, 1.54) is 6.20 Å². The summed E-state index contributed by atoms with van der Waals surface area (Å²) in [5.74, 6) is -0.0326. The second-order valence-corrected chi connectivity index (χ2v) is 4.99. The highest BCUT2D eigenvalue weighted by atomic mass is 16.2. The third-order valence-corrected chi connectivity index (χ3v) is 3.65. The van der Waals surface area contributed by atoms with Crippen molar-refractivity contribution < 1.29 is 4.79 Å². The first-order valence-electron chi connectivity index (χ1n) is 7.08. The molecular weight excluding hydrogens is 268 g/mol. The molecule has 21 heavy (non-hydrogen) atoms. The molecule has 3 heterocycles. The number of carbonyl (C=O) groups excluding carboxylic acids is 1. The highest BCUT2D eigenvalue weighted by Gasteiger charge is 2.22. The summed E-state index contributed by atoms with van der Waals surface area (Å²) in [6, 6.07) is 1.93. The first-order chi connectivity index (χ1) is 10.3. The van der Waals surface area contributed by atoms with E-state index in [4.69, 9.17) is 0 Å². The first kappa shape index (κ1) is 13.7. The fraction of sp³-hybridized carbons (Fsp3) is 0.429. The minimum Gasteiger partial charge on any atom is -0.335 e. The third-order valence-electron chi connectivity index (χ3n) is 3.65. The Hall–Kier alpha value is -2.28. The smallest absolute Gasteiger partial charge is 0.274 e. The van der Waals surface area contributed by atoms with Crippen molar-refractivity contribution in [1.82, 2.24) is 29.5 Å². The van der Waals surface area contributed by atoms with Crippen molar-refractivity contribution >= 4 is 5.91 Å². The van der Waals surface area contributed by atoms with Crippen LogP contribution in [0.5, 0.6) is 0 Å². The maximum Gasteiger partial charge on any atom is 0.274 e. The van der Waals surface area contributed by atoms with Crippen LogP contribution in [0.15, 0.2) is 37.1 Å². The number of aromatic nitrogens is 4. The summed E-state index contributed by atoms with van der Waals surface area (Å²) in [6.07, 6.45) is 8.40. The highest BCUT2D eigenvalue weighted by Crippen LogP contribution is 2.06. The zero-order valence-electron chi connectivity index (χ0n) is 11.8. The average molecular weight is 286 g/mol. The zero-order chi connectivity index (χ0) is 14.5. The Morgan fingerprint density at radius 2 is 1.95 bits per heavy atom. The predicted octanol–water partition coefficient (Wildman–Crippen LogP) is 0.131. The molecule has 7 nitrogen and oxygen atoms in total. The van der Waals surface area contributed by atoms with Crippen molar-refractivity contribution in [2.45, 2.75) is 6.54 Å². The minimum absolute atomic E-state index is 0.0326. The maximum absolute atomic E-state index is 12.2. The zero-order valence-corrected chi connectivity index (χ0v) is 11.8. The first-order valence-corrected chi connectivity index (χ1v) is 7.08. The van der Waals surface area contributed by atoms with Crippen molar-refractivity contribution in [3.63, 3.8) is 0 Å². The highest BCUT2D eigenvalue weighted by molar-refractivity contribution is 5.92. The molecule has 7 heteroatoms. The Labute approximate surface area is 123 Å². The third kappa shape index (κ3) is 3.43. The van der Waals surface area contributed by atoms with Crippen LogP contribution in [0.1, 0.15) is 10.5 Å². The summed E-state index contributed by atoms with van der Waals surface area (Å²) >= 11 is 0. The van der Waals surface area contributed by atoms with Gasteiger partial charge in [-0.05, 0) is 6.07 Å². The summed E-state index contributed by atoms with van der Waals surface area (Å²) in [5, 5.41) is 4.19. The van der Waals surface area contributed by atoms with E-state index >= 15 is 0 Å². The number of piperazine rings is 1. The van der Waals surface area contributed by atoms with E-state index < -0.39 is 0 Å². The molecule has 1 aliphatic rings. The molecule has 1 fully saturated rings. The summed E-state index contributed by atoms with van der Waals surface area (Å²) in [7, 11) is 0. The normalized spacial score (nSPS) is 16.1. The van der Waals surface area contributed by atoms with Crippen molar-refractivity contribution in [3.8, 4) is 0 Å². The summed E-state index contributed by atoms with van der Waals surface area (Å²) in [5.41, 5.74) is 0.419. The van der Waals surface area contributed by atoms with Crippen molar-refractivity contribution in [2.75, 3.05) is 32.7 Å². The fourth-order valence-electron chi connectivity index (χ4n) is 2.42. The van der Waals surface area contributed by atoms with Crippen LogP contribution in [-0.2, 0) is 6.54 Å². The lowest BCUT2D eigenvalue weighted by atomic mass is 10.3. The average Bonchev–Trinajstić information content (AvgIpc) is 3.07. The van der Waals surface area contributed by atoms with Crippen LogP contribution in [-0.4, -0.2) is 68.2 Å². The number of rotatable bonds is 4. The Bertz CT molecular complexity index is 562. The number of hydrogen-bond acceptors (Lipinski definition) is 5. The molecule has 0 N–H and O–H groups in total. The van der Waals surface area contributed by atoms with Gasteiger partial charge in [-0.1, -0.05) is 0 Å². The molecule has 0 bridgehead atoms. The molecule has 0 spiro atoms. The molecule has 2 aromatic rings. The van der Waals surface area contributed by atoms with Crippen LogP contribution in [0.2, 0.25) is 0 Å². The fourth-order valence-corrected chi connectivity index (χ4v) is 2.42. The second-order valence-electron chi connectivity index (χ2n) is 4.99. The van der Waals surface area contributed by atoms with Gasteiger partial charge >= 0.3 is 0 Å². The molecule has 1 aliphatic heterocycles. The molecule has 1 saturated heterocycles. The monoisotopic (exact) mass is 286 g/mol.